The lowest BCUT2D eigenvalue weighted by molar-refractivity contribution is -0.132. The average Bonchev–Trinajstić information content (AvgIpc) is 3.39. The van der Waals surface area contributed by atoms with Crippen LogP contribution in [0.3, 0.4) is 0 Å². The number of carbonyl (C=O) groups is 3. The van der Waals surface area contributed by atoms with Gasteiger partial charge in [0.15, 0.2) is 5.13 Å². The molecule has 186 valence electrons. The fourth-order valence-electron chi connectivity index (χ4n) is 3.88. The lowest BCUT2D eigenvalue weighted by Gasteiger charge is -2.23. The summed E-state index contributed by atoms with van der Waals surface area (Å²) in [5.74, 6) is -2.30. The molecule has 36 heavy (non-hydrogen) atoms. The maximum atomic E-state index is 13.3. The minimum atomic E-state index is -1.05. The quantitative estimate of drug-likeness (QED) is 0.209. The molecule has 10 heteroatoms. The van der Waals surface area contributed by atoms with Gasteiger partial charge >= 0.3 is 11.9 Å². The molecule has 2 aromatic carbocycles. The summed E-state index contributed by atoms with van der Waals surface area (Å²) < 4.78 is 10.4. The number of amides is 1. The number of nitrogens with zero attached hydrogens (tertiary/aromatic N) is 2. The van der Waals surface area contributed by atoms with Crippen molar-refractivity contribution in [2.24, 2.45) is 0 Å². The highest BCUT2D eigenvalue weighted by molar-refractivity contribution is 7.17. The molecular weight excluding hydrogens is 484 g/mol. The number of rotatable bonds is 7. The van der Waals surface area contributed by atoms with Crippen molar-refractivity contribution in [3.8, 4) is 11.5 Å². The number of benzene rings is 2. The maximum Gasteiger partial charge on any atom is 0.350 e. The topological polar surface area (TPSA) is 126 Å². The molecule has 1 aliphatic rings. The largest absolute Gasteiger partial charge is 0.508 e. The molecule has 1 saturated heterocycles. The molecule has 0 aliphatic carbocycles. The molecule has 1 aromatic heterocycles. The Kier molecular flexibility index (Phi) is 7.07. The van der Waals surface area contributed by atoms with Crippen LogP contribution in [0.2, 0.25) is 0 Å². The van der Waals surface area contributed by atoms with Crippen molar-refractivity contribution in [3.05, 3.63) is 75.8 Å². The number of phenols is 1. The van der Waals surface area contributed by atoms with Gasteiger partial charge in [-0.05, 0) is 43.2 Å². The van der Waals surface area contributed by atoms with Crippen LogP contribution in [0, 0.1) is 6.92 Å². The van der Waals surface area contributed by atoms with E-state index in [0.29, 0.717) is 29.2 Å². The van der Waals surface area contributed by atoms with Gasteiger partial charge in [0.25, 0.3) is 5.78 Å². The number of hydrogen-bond acceptors (Lipinski definition) is 9. The summed E-state index contributed by atoms with van der Waals surface area (Å²) in [7, 11) is 1.24. The number of aliphatic hydroxyl groups excluding tert-OH is 1. The number of methoxy groups -OCH3 is 1. The van der Waals surface area contributed by atoms with E-state index in [4.69, 9.17) is 9.47 Å². The first-order chi connectivity index (χ1) is 17.3. The zero-order valence-corrected chi connectivity index (χ0v) is 20.7. The van der Waals surface area contributed by atoms with Crippen molar-refractivity contribution in [2.75, 3.05) is 18.6 Å². The van der Waals surface area contributed by atoms with Gasteiger partial charge < -0.3 is 19.7 Å². The highest BCUT2D eigenvalue weighted by atomic mass is 32.1. The molecule has 3 aromatic rings. The molecule has 9 nitrogen and oxygen atoms in total. The molecule has 4 rings (SSSR count). The third kappa shape index (κ3) is 4.55. The predicted molar refractivity (Wildman–Crippen MR) is 133 cm³/mol. The summed E-state index contributed by atoms with van der Waals surface area (Å²) >= 11 is 0.912. The Hall–Kier alpha value is -4.18. The van der Waals surface area contributed by atoms with Crippen molar-refractivity contribution in [2.45, 2.75) is 26.3 Å². The smallest absolute Gasteiger partial charge is 0.350 e. The first kappa shape index (κ1) is 24.9. The summed E-state index contributed by atoms with van der Waals surface area (Å²) in [4.78, 5) is 44.4. The SMILES string of the molecule is CCCOc1cccc(C(O)=C2C(=O)C(=O)N(c3nc(C)c(C(=O)OC)s3)C2c2ccc(O)cc2)c1. The van der Waals surface area contributed by atoms with Gasteiger partial charge in [0.2, 0.25) is 0 Å². The number of aromatic nitrogens is 1. The number of esters is 1. The number of aliphatic hydroxyl groups is 1. The third-order valence-corrected chi connectivity index (χ3v) is 6.73. The Morgan fingerprint density at radius 2 is 1.89 bits per heavy atom. The van der Waals surface area contributed by atoms with E-state index in [9.17, 15) is 24.6 Å². The van der Waals surface area contributed by atoms with Crippen LogP contribution < -0.4 is 9.64 Å². The van der Waals surface area contributed by atoms with E-state index in [2.05, 4.69) is 4.98 Å². The van der Waals surface area contributed by atoms with Crippen LogP contribution in [0.4, 0.5) is 5.13 Å². The first-order valence-corrected chi connectivity index (χ1v) is 12.0. The highest BCUT2D eigenvalue weighted by Crippen LogP contribution is 2.44. The summed E-state index contributed by atoms with van der Waals surface area (Å²) in [5, 5.41) is 21.2. The van der Waals surface area contributed by atoms with E-state index in [0.717, 1.165) is 22.7 Å². The van der Waals surface area contributed by atoms with Crippen LogP contribution in [-0.2, 0) is 14.3 Å². The van der Waals surface area contributed by atoms with Crippen molar-refractivity contribution in [3.63, 3.8) is 0 Å². The molecule has 1 atom stereocenters. The molecule has 1 fully saturated rings. The van der Waals surface area contributed by atoms with Gasteiger partial charge in [-0.3, -0.25) is 14.5 Å². The standard InChI is InChI=1S/C26H24N2O7S/c1-4-12-35-18-7-5-6-16(13-18)21(30)19-20(15-8-10-17(29)11-9-15)28(24(32)22(19)31)26-27-14(2)23(36-26)25(33)34-3/h5-11,13,20,29-30H,4,12H2,1-3H3. The lowest BCUT2D eigenvalue weighted by atomic mass is 9.95. The zero-order chi connectivity index (χ0) is 26.0. The van der Waals surface area contributed by atoms with Crippen molar-refractivity contribution < 1.29 is 34.1 Å². The second-order valence-corrected chi connectivity index (χ2v) is 9.02. The van der Waals surface area contributed by atoms with Gasteiger partial charge in [0.1, 0.15) is 22.1 Å². The number of thiazole rings is 1. The number of hydrogen-bond donors (Lipinski definition) is 2. The number of carbonyl (C=O) groups excluding carboxylic acids is 3. The molecule has 1 amide bonds. The lowest BCUT2D eigenvalue weighted by Crippen LogP contribution is -2.29. The average molecular weight is 509 g/mol. The molecule has 1 unspecified atom stereocenters. The zero-order valence-electron chi connectivity index (χ0n) is 19.8. The normalized spacial score (nSPS) is 16.9. The predicted octanol–water partition coefficient (Wildman–Crippen LogP) is 4.36. The molecule has 0 spiro atoms. The Balaban J connectivity index is 1.89. The monoisotopic (exact) mass is 508 g/mol. The van der Waals surface area contributed by atoms with Crippen molar-refractivity contribution in [1.29, 1.82) is 0 Å². The van der Waals surface area contributed by atoms with E-state index in [1.54, 1.807) is 43.3 Å². The second-order valence-electron chi connectivity index (χ2n) is 8.04. The number of ether oxygens (including phenoxy) is 2. The molecular formula is C26H24N2O7S. The third-order valence-electron chi connectivity index (χ3n) is 5.60. The number of phenolic OH excluding ortho intramolecular Hbond substituents is 1. The van der Waals surface area contributed by atoms with Crippen LogP contribution in [-0.4, -0.2) is 46.6 Å². The fourth-order valence-corrected chi connectivity index (χ4v) is 4.89. The van der Waals surface area contributed by atoms with Gasteiger partial charge in [-0.1, -0.05) is 42.5 Å². The molecule has 0 bridgehead atoms. The van der Waals surface area contributed by atoms with Gasteiger partial charge in [0.05, 0.1) is 31.0 Å². The van der Waals surface area contributed by atoms with Crippen molar-refractivity contribution >= 4 is 39.9 Å². The number of aryl methyl sites for hydroxylation is 1. The van der Waals surface area contributed by atoms with Crippen LogP contribution >= 0.6 is 11.3 Å². The summed E-state index contributed by atoms with van der Waals surface area (Å²) in [5.41, 5.74) is 0.954. The second kappa shape index (κ2) is 10.2. The van der Waals surface area contributed by atoms with Crippen LogP contribution in [0.15, 0.2) is 54.1 Å². The molecule has 2 N–H and O–H groups in total. The maximum absolute atomic E-state index is 13.3. The van der Waals surface area contributed by atoms with E-state index >= 15 is 0 Å². The van der Waals surface area contributed by atoms with E-state index < -0.39 is 23.7 Å². The number of Topliss-reactive ketones (excluding diaryl/α,β-unsaturated/α-hetero) is 1. The van der Waals surface area contributed by atoms with E-state index in [1.807, 2.05) is 6.92 Å². The molecule has 1 aliphatic heterocycles. The van der Waals surface area contributed by atoms with Gasteiger partial charge in [-0.15, -0.1) is 0 Å². The minimum Gasteiger partial charge on any atom is -0.508 e. The highest BCUT2D eigenvalue weighted by Gasteiger charge is 2.48. The Morgan fingerprint density at radius 1 is 1.17 bits per heavy atom. The van der Waals surface area contributed by atoms with Crippen LogP contribution in [0.1, 0.15) is 45.9 Å². The van der Waals surface area contributed by atoms with Gasteiger partial charge in [-0.25, -0.2) is 9.78 Å². The minimum absolute atomic E-state index is 0.00505. The van der Waals surface area contributed by atoms with E-state index in [1.165, 1.54) is 19.2 Å². The Labute approximate surface area is 211 Å². The van der Waals surface area contributed by atoms with Crippen LogP contribution in [0.5, 0.6) is 11.5 Å². The molecule has 0 saturated carbocycles. The van der Waals surface area contributed by atoms with Gasteiger partial charge in [0, 0.05) is 5.56 Å². The Bertz CT molecular complexity index is 1360. The van der Waals surface area contributed by atoms with E-state index in [-0.39, 0.29) is 27.1 Å². The Morgan fingerprint density at radius 3 is 2.56 bits per heavy atom. The number of aromatic hydroxyl groups is 1. The van der Waals surface area contributed by atoms with Gasteiger partial charge in [-0.2, -0.15) is 0 Å². The molecule has 2 heterocycles. The number of ketones is 1. The number of anilines is 1. The summed E-state index contributed by atoms with van der Waals surface area (Å²) in [6.07, 6.45) is 0.795. The van der Waals surface area contributed by atoms with Crippen LogP contribution in [0.25, 0.3) is 5.76 Å². The van der Waals surface area contributed by atoms with Crippen molar-refractivity contribution in [1.82, 2.24) is 4.98 Å². The first-order valence-electron chi connectivity index (χ1n) is 11.2. The fraction of sp³-hybridized carbons (Fsp3) is 0.231. The molecule has 0 radical (unpaired) electrons. The summed E-state index contributed by atoms with van der Waals surface area (Å²) in [6.45, 7) is 4.04. The summed E-state index contributed by atoms with van der Waals surface area (Å²) in [6, 6.07) is 11.5.